The van der Waals surface area contributed by atoms with Crippen molar-refractivity contribution in [2.24, 2.45) is 5.92 Å². The number of fused-ring (bicyclic) bond motifs is 1. The highest BCUT2D eigenvalue weighted by atomic mass is 35.5. The second kappa shape index (κ2) is 10.8. The summed E-state index contributed by atoms with van der Waals surface area (Å²) in [4.78, 5) is 20.7. The van der Waals surface area contributed by atoms with Crippen molar-refractivity contribution in [1.29, 1.82) is 0 Å². The van der Waals surface area contributed by atoms with Gasteiger partial charge < -0.3 is 14.0 Å². The lowest BCUT2D eigenvalue weighted by molar-refractivity contribution is 0.0600. The van der Waals surface area contributed by atoms with E-state index in [2.05, 4.69) is 4.98 Å². The summed E-state index contributed by atoms with van der Waals surface area (Å²) in [7, 11) is 1.31. The smallest absolute Gasteiger partial charge is 0.339 e. The second-order valence-electron chi connectivity index (χ2n) is 9.22. The topological polar surface area (TPSA) is 66.2 Å². The maximum atomic E-state index is 14.5. The van der Waals surface area contributed by atoms with Crippen LogP contribution in [0.25, 0.3) is 22.4 Å². The van der Waals surface area contributed by atoms with Crippen molar-refractivity contribution in [2.45, 2.75) is 38.1 Å². The van der Waals surface area contributed by atoms with Crippen molar-refractivity contribution in [3.8, 4) is 17.3 Å². The number of nitrogens with zero attached hydrogens (tertiary/aromatic N) is 3. The van der Waals surface area contributed by atoms with Crippen LogP contribution < -0.4 is 4.74 Å². The van der Waals surface area contributed by atoms with E-state index in [1.807, 2.05) is 16.7 Å². The third-order valence-corrected chi connectivity index (χ3v) is 7.17. The van der Waals surface area contributed by atoms with Crippen molar-refractivity contribution >= 4 is 28.6 Å². The zero-order valence-electron chi connectivity index (χ0n) is 20.3. The number of hydrogen-bond donors (Lipinski definition) is 0. The van der Waals surface area contributed by atoms with Crippen LogP contribution in [0.1, 0.15) is 48.5 Å². The van der Waals surface area contributed by atoms with Gasteiger partial charge in [-0.25, -0.2) is 23.5 Å². The highest BCUT2D eigenvalue weighted by Crippen LogP contribution is 2.39. The van der Waals surface area contributed by atoms with Crippen LogP contribution in [-0.4, -0.2) is 34.2 Å². The minimum Gasteiger partial charge on any atom is -0.475 e. The summed E-state index contributed by atoms with van der Waals surface area (Å²) in [5, 5.41) is 0.581. The number of rotatable bonds is 7. The summed E-state index contributed by atoms with van der Waals surface area (Å²) < 4.78 is 41.5. The van der Waals surface area contributed by atoms with E-state index in [-0.39, 0.29) is 18.6 Å². The number of carbonyl (C=O) groups is 1. The van der Waals surface area contributed by atoms with Crippen molar-refractivity contribution in [1.82, 2.24) is 14.5 Å². The first-order valence-electron chi connectivity index (χ1n) is 12.2. The number of halogens is 3. The van der Waals surface area contributed by atoms with E-state index in [1.165, 1.54) is 19.4 Å². The summed E-state index contributed by atoms with van der Waals surface area (Å²) >= 11 is 6.12. The van der Waals surface area contributed by atoms with Crippen LogP contribution in [-0.2, 0) is 4.74 Å². The van der Waals surface area contributed by atoms with Gasteiger partial charge in [0.1, 0.15) is 12.4 Å². The van der Waals surface area contributed by atoms with Crippen LogP contribution in [0.2, 0.25) is 5.02 Å². The number of pyridine rings is 1. The summed E-state index contributed by atoms with van der Waals surface area (Å²) in [6, 6.07) is 12.5. The molecule has 37 heavy (non-hydrogen) atoms. The van der Waals surface area contributed by atoms with E-state index in [0.717, 1.165) is 43.7 Å². The maximum absolute atomic E-state index is 14.5. The van der Waals surface area contributed by atoms with Crippen molar-refractivity contribution in [3.05, 3.63) is 76.9 Å². The molecule has 1 aliphatic carbocycles. The van der Waals surface area contributed by atoms with Crippen LogP contribution in [0.5, 0.6) is 5.88 Å². The van der Waals surface area contributed by atoms with Crippen LogP contribution in [0.4, 0.5) is 8.78 Å². The molecule has 192 valence electrons. The maximum Gasteiger partial charge on any atom is 0.339 e. The van der Waals surface area contributed by atoms with Crippen LogP contribution in [0.3, 0.4) is 0 Å². The molecular formula is C28H26ClF2N3O3. The van der Waals surface area contributed by atoms with Gasteiger partial charge in [0.05, 0.1) is 29.7 Å². The summed E-state index contributed by atoms with van der Waals surface area (Å²) in [5.74, 6) is -1.18. The fourth-order valence-electron chi connectivity index (χ4n) is 5.04. The third kappa shape index (κ3) is 5.30. The average molecular weight is 526 g/mol. The van der Waals surface area contributed by atoms with E-state index < -0.39 is 17.6 Å². The van der Waals surface area contributed by atoms with E-state index >= 15 is 0 Å². The Bertz CT molecular complexity index is 1400. The molecule has 2 heterocycles. The van der Waals surface area contributed by atoms with Crippen LogP contribution in [0, 0.1) is 17.6 Å². The van der Waals surface area contributed by atoms with Gasteiger partial charge >= 0.3 is 5.97 Å². The molecule has 2 aromatic carbocycles. The molecular weight excluding hydrogens is 500 g/mol. The number of methoxy groups -OCH3 is 1. The second-order valence-corrected chi connectivity index (χ2v) is 9.66. The zero-order chi connectivity index (χ0) is 25.9. The Labute approximate surface area is 218 Å². The molecule has 1 atom stereocenters. The number of carbonyl (C=O) groups excluding carboxylic acids is 1. The predicted molar refractivity (Wildman–Crippen MR) is 137 cm³/mol. The Morgan fingerprint density at radius 1 is 1.08 bits per heavy atom. The minimum absolute atomic E-state index is 0.220. The fourth-order valence-corrected chi connectivity index (χ4v) is 5.17. The minimum atomic E-state index is -0.944. The van der Waals surface area contributed by atoms with Gasteiger partial charge in [-0.1, -0.05) is 30.9 Å². The highest BCUT2D eigenvalue weighted by Gasteiger charge is 2.30. The van der Waals surface area contributed by atoms with Crippen molar-refractivity contribution in [2.75, 3.05) is 13.7 Å². The van der Waals surface area contributed by atoms with Crippen LogP contribution >= 0.6 is 11.6 Å². The van der Waals surface area contributed by atoms with E-state index in [9.17, 15) is 13.6 Å². The van der Waals surface area contributed by atoms with Crippen molar-refractivity contribution in [3.63, 3.8) is 0 Å². The molecule has 0 N–H and O–H groups in total. The van der Waals surface area contributed by atoms with Gasteiger partial charge in [-0.05, 0) is 49.1 Å². The lowest BCUT2D eigenvalue weighted by Crippen LogP contribution is -2.28. The molecule has 0 radical (unpaired) electrons. The predicted octanol–water partition coefficient (Wildman–Crippen LogP) is 7.02. The number of aromatic nitrogens is 3. The van der Waals surface area contributed by atoms with Gasteiger partial charge in [0.15, 0.2) is 11.6 Å². The van der Waals surface area contributed by atoms with Gasteiger partial charge in [0.2, 0.25) is 5.88 Å². The molecule has 1 aliphatic rings. The first-order valence-corrected chi connectivity index (χ1v) is 12.6. The zero-order valence-corrected chi connectivity index (χ0v) is 21.0. The molecule has 1 saturated carbocycles. The Kier molecular flexibility index (Phi) is 7.37. The number of imidazole rings is 1. The Morgan fingerprint density at radius 2 is 1.81 bits per heavy atom. The normalized spacial score (nSPS) is 15.0. The summed E-state index contributed by atoms with van der Waals surface area (Å²) in [6.45, 7) is 0.236. The molecule has 4 aromatic rings. The average Bonchev–Trinajstić information content (AvgIpc) is 3.27. The number of hydrogen-bond acceptors (Lipinski definition) is 5. The van der Waals surface area contributed by atoms with Gasteiger partial charge in [0, 0.05) is 35.0 Å². The van der Waals surface area contributed by atoms with Gasteiger partial charge in [0.25, 0.3) is 0 Å². The number of benzene rings is 2. The van der Waals surface area contributed by atoms with Crippen molar-refractivity contribution < 1.29 is 23.0 Å². The Morgan fingerprint density at radius 3 is 2.49 bits per heavy atom. The molecule has 0 amide bonds. The molecule has 5 rings (SSSR count). The van der Waals surface area contributed by atoms with Gasteiger partial charge in [-0.15, -0.1) is 0 Å². The lowest BCUT2D eigenvalue weighted by Gasteiger charge is -2.32. The monoisotopic (exact) mass is 525 g/mol. The molecule has 0 bridgehead atoms. The first kappa shape index (κ1) is 25.1. The van der Waals surface area contributed by atoms with Gasteiger partial charge in [-0.2, -0.15) is 0 Å². The molecule has 0 spiro atoms. The van der Waals surface area contributed by atoms with E-state index in [0.29, 0.717) is 33.3 Å². The molecule has 9 heteroatoms. The Hall–Kier alpha value is -3.52. The summed E-state index contributed by atoms with van der Waals surface area (Å²) in [6.07, 6.45) is 6.69. The first-order chi connectivity index (χ1) is 17.9. The standard InChI is InChI=1S/C28H26ClF2N3O3/c1-36-28(35)19-9-12-26(32-15-19)37-16-25(17-5-3-2-4-6-17)34-24-14-22(31)21(30)13-23(24)33-27(34)18-7-10-20(29)11-8-18/h7-15,17,25H,2-6,16H2,1H3. The fraction of sp³-hybridized carbons (Fsp3) is 0.321. The summed E-state index contributed by atoms with van der Waals surface area (Å²) in [5.41, 5.74) is 1.96. The van der Waals surface area contributed by atoms with Gasteiger partial charge in [-0.3, -0.25) is 0 Å². The Balaban J connectivity index is 1.57. The largest absolute Gasteiger partial charge is 0.475 e. The van der Waals surface area contributed by atoms with E-state index in [4.69, 9.17) is 26.1 Å². The highest BCUT2D eigenvalue weighted by molar-refractivity contribution is 6.30. The molecule has 6 nitrogen and oxygen atoms in total. The lowest BCUT2D eigenvalue weighted by atomic mass is 9.83. The molecule has 1 unspecified atom stereocenters. The third-order valence-electron chi connectivity index (χ3n) is 6.92. The van der Waals surface area contributed by atoms with E-state index in [1.54, 1.807) is 24.3 Å². The molecule has 1 fully saturated rings. The number of ether oxygens (including phenoxy) is 2. The van der Waals surface area contributed by atoms with Crippen LogP contribution in [0.15, 0.2) is 54.7 Å². The quantitative estimate of drug-likeness (QED) is 0.243. The molecule has 0 saturated heterocycles. The number of esters is 1. The molecule has 2 aromatic heterocycles. The molecule has 0 aliphatic heterocycles. The SMILES string of the molecule is COC(=O)c1ccc(OCC(C2CCCCC2)n2c(-c3ccc(Cl)cc3)nc3cc(F)c(F)cc32)nc1.